The van der Waals surface area contributed by atoms with Crippen molar-refractivity contribution in [3.8, 4) is 5.75 Å². The van der Waals surface area contributed by atoms with Crippen LogP contribution in [0.15, 0.2) is 47.4 Å². The van der Waals surface area contributed by atoms with E-state index in [9.17, 15) is 17.6 Å². The first-order valence-corrected chi connectivity index (χ1v) is 10.9. The fourth-order valence-corrected chi connectivity index (χ4v) is 5.32. The average molecular weight is 421 g/mol. The molecule has 1 aliphatic heterocycles. The SMILES string of the molecule is COc1ccc(C)cc1S(=O)(=O)N1CCC[C@@H](C(=O)N(C)c2ccc(F)cc2)C1. The molecule has 0 unspecified atom stereocenters. The Labute approximate surface area is 170 Å². The number of amides is 1. The monoisotopic (exact) mass is 420 g/mol. The Morgan fingerprint density at radius 1 is 1.21 bits per heavy atom. The first-order chi connectivity index (χ1) is 13.7. The van der Waals surface area contributed by atoms with E-state index in [-0.39, 0.29) is 28.9 Å². The number of carbonyl (C=O) groups excluding carboxylic acids is 1. The average Bonchev–Trinajstić information content (AvgIpc) is 2.73. The van der Waals surface area contributed by atoms with E-state index in [0.29, 0.717) is 25.1 Å². The summed E-state index contributed by atoms with van der Waals surface area (Å²) >= 11 is 0. The van der Waals surface area contributed by atoms with Crippen LogP contribution < -0.4 is 9.64 Å². The van der Waals surface area contributed by atoms with Crippen molar-refractivity contribution in [2.45, 2.75) is 24.7 Å². The number of benzene rings is 2. The van der Waals surface area contributed by atoms with Crippen LogP contribution in [0.4, 0.5) is 10.1 Å². The molecule has 1 fully saturated rings. The number of rotatable bonds is 5. The Balaban J connectivity index is 1.82. The standard InChI is InChI=1S/C21H25FN2O4S/c1-15-6-11-19(28-3)20(13-15)29(26,27)24-12-4-5-16(14-24)21(25)23(2)18-9-7-17(22)8-10-18/h6-11,13,16H,4-5,12,14H2,1-3H3/t16-/m1/s1. The third-order valence-electron chi connectivity index (χ3n) is 5.21. The number of methoxy groups -OCH3 is 1. The van der Waals surface area contributed by atoms with E-state index < -0.39 is 15.9 Å². The number of hydrogen-bond acceptors (Lipinski definition) is 4. The number of sulfonamides is 1. The van der Waals surface area contributed by atoms with Gasteiger partial charge in [0.2, 0.25) is 15.9 Å². The quantitative estimate of drug-likeness (QED) is 0.745. The van der Waals surface area contributed by atoms with Crippen LogP contribution in [0.1, 0.15) is 18.4 Å². The van der Waals surface area contributed by atoms with Crippen molar-refractivity contribution in [2.75, 3.05) is 32.1 Å². The van der Waals surface area contributed by atoms with Gasteiger partial charge in [0.1, 0.15) is 16.5 Å². The number of aryl methyl sites for hydroxylation is 1. The van der Waals surface area contributed by atoms with E-state index in [1.54, 1.807) is 25.2 Å². The van der Waals surface area contributed by atoms with Gasteiger partial charge in [0, 0.05) is 25.8 Å². The lowest BCUT2D eigenvalue weighted by atomic mass is 9.98. The van der Waals surface area contributed by atoms with E-state index in [2.05, 4.69) is 0 Å². The molecule has 1 aliphatic rings. The van der Waals surface area contributed by atoms with Gasteiger partial charge in [-0.15, -0.1) is 0 Å². The van der Waals surface area contributed by atoms with Crippen molar-refractivity contribution in [1.82, 2.24) is 4.31 Å². The van der Waals surface area contributed by atoms with Crippen molar-refractivity contribution in [2.24, 2.45) is 5.92 Å². The molecule has 1 atom stereocenters. The largest absolute Gasteiger partial charge is 0.495 e. The molecule has 2 aromatic rings. The maximum absolute atomic E-state index is 13.2. The minimum Gasteiger partial charge on any atom is -0.495 e. The fourth-order valence-electron chi connectivity index (χ4n) is 3.55. The first kappa shape index (κ1) is 21.3. The Hall–Kier alpha value is -2.45. The zero-order valence-corrected chi connectivity index (χ0v) is 17.6. The van der Waals surface area contributed by atoms with Crippen LogP contribution in [0.25, 0.3) is 0 Å². The highest BCUT2D eigenvalue weighted by atomic mass is 32.2. The molecule has 0 aromatic heterocycles. The molecule has 0 aliphatic carbocycles. The van der Waals surface area contributed by atoms with Gasteiger partial charge in [-0.2, -0.15) is 4.31 Å². The molecule has 156 valence electrons. The van der Waals surface area contributed by atoms with Gasteiger partial charge >= 0.3 is 0 Å². The van der Waals surface area contributed by atoms with Gasteiger partial charge in [0.05, 0.1) is 13.0 Å². The molecule has 2 aromatic carbocycles. The molecule has 0 N–H and O–H groups in total. The van der Waals surface area contributed by atoms with E-state index >= 15 is 0 Å². The Morgan fingerprint density at radius 3 is 2.55 bits per heavy atom. The lowest BCUT2D eigenvalue weighted by molar-refractivity contribution is -0.123. The highest BCUT2D eigenvalue weighted by molar-refractivity contribution is 7.89. The number of hydrogen-bond donors (Lipinski definition) is 0. The van der Waals surface area contributed by atoms with Crippen LogP contribution in [0.2, 0.25) is 0 Å². The summed E-state index contributed by atoms with van der Waals surface area (Å²) in [6.45, 7) is 2.27. The summed E-state index contributed by atoms with van der Waals surface area (Å²) in [5.41, 5.74) is 1.38. The highest BCUT2D eigenvalue weighted by Crippen LogP contribution is 2.31. The number of nitrogens with zero attached hydrogens (tertiary/aromatic N) is 2. The number of halogens is 1. The highest BCUT2D eigenvalue weighted by Gasteiger charge is 2.36. The summed E-state index contributed by atoms with van der Waals surface area (Å²) in [5, 5.41) is 0. The minimum absolute atomic E-state index is 0.101. The molecule has 0 radical (unpaired) electrons. The molecular weight excluding hydrogens is 395 g/mol. The zero-order chi connectivity index (χ0) is 21.2. The topological polar surface area (TPSA) is 66.9 Å². The minimum atomic E-state index is -3.80. The normalized spacial score (nSPS) is 17.7. The van der Waals surface area contributed by atoms with Gasteiger partial charge < -0.3 is 9.64 Å². The third kappa shape index (κ3) is 4.43. The van der Waals surface area contributed by atoms with Crippen molar-refractivity contribution in [3.05, 3.63) is 53.8 Å². The molecule has 0 spiro atoms. The second kappa shape index (κ2) is 8.51. The van der Waals surface area contributed by atoms with E-state index in [1.807, 2.05) is 6.92 Å². The van der Waals surface area contributed by atoms with Gasteiger partial charge in [0.15, 0.2) is 0 Å². The lowest BCUT2D eigenvalue weighted by Gasteiger charge is -2.33. The van der Waals surface area contributed by atoms with Crippen LogP contribution in [-0.4, -0.2) is 45.9 Å². The van der Waals surface area contributed by atoms with Crippen LogP contribution >= 0.6 is 0 Å². The number of anilines is 1. The third-order valence-corrected chi connectivity index (χ3v) is 7.10. The summed E-state index contributed by atoms with van der Waals surface area (Å²) < 4.78 is 46.2. The van der Waals surface area contributed by atoms with Gasteiger partial charge in [-0.3, -0.25) is 4.79 Å². The number of ether oxygens (including phenoxy) is 1. The maximum atomic E-state index is 13.2. The molecule has 1 saturated heterocycles. The van der Waals surface area contributed by atoms with E-state index in [0.717, 1.165) is 5.56 Å². The van der Waals surface area contributed by atoms with Crippen LogP contribution in [0, 0.1) is 18.7 Å². The van der Waals surface area contributed by atoms with Gasteiger partial charge in [-0.05, 0) is 61.7 Å². The lowest BCUT2D eigenvalue weighted by Crippen LogP contribution is -2.46. The smallest absolute Gasteiger partial charge is 0.246 e. The summed E-state index contributed by atoms with van der Waals surface area (Å²) in [7, 11) is -0.750. The van der Waals surface area contributed by atoms with Crippen LogP contribution in [-0.2, 0) is 14.8 Å². The predicted octanol–water partition coefficient (Wildman–Crippen LogP) is 3.21. The molecule has 1 heterocycles. The molecule has 1 amide bonds. The molecule has 6 nitrogen and oxygen atoms in total. The van der Waals surface area contributed by atoms with Crippen molar-refractivity contribution in [1.29, 1.82) is 0 Å². The van der Waals surface area contributed by atoms with E-state index in [1.165, 1.54) is 40.6 Å². The molecule has 29 heavy (non-hydrogen) atoms. The molecule has 0 bridgehead atoms. The second-order valence-electron chi connectivity index (χ2n) is 7.23. The summed E-state index contributed by atoms with van der Waals surface area (Å²) in [6, 6.07) is 10.7. The summed E-state index contributed by atoms with van der Waals surface area (Å²) in [4.78, 5) is 14.5. The van der Waals surface area contributed by atoms with Gasteiger partial charge in [0.25, 0.3) is 0 Å². The molecule has 0 saturated carbocycles. The van der Waals surface area contributed by atoms with Gasteiger partial charge in [-0.1, -0.05) is 6.07 Å². The number of carbonyl (C=O) groups is 1. The fraction of sp³-hybridized carbons (Fsp3) is 0.381. The zero-order valence-electron chi connectivity index (χ0n) is 16.8. The summed E-state index contributed by atoms with van der Waals surface area (Å²) in [5.74, 6) is -0.749. The number of piperidine rings is 1. The molecule has 3 rings (SSSR count). The van der Waals surface area contributed by atoms with Gasteiger partial charge in [-0.25, -0.2) is 12.8 Å². The maximum Gasteiger partial charge on any atom is 0.246 e. The Kier molecular flexibility index (Phi) is 6.24. The second-order valence-corrected chi connectivity index (χ2v) is 9.14. The van der Waals surface area contributed by atoms with Crippen molar-refractivity contribution >= 4 is 21.6 Å². The van der Waals surface area contributed by atoms with Crippen molar-refractivity contribution in [3.63, 3.8) is 0 Å². The van der Waals surface area contributed by atoms with Crippen LogP contribution in [0.3, 0.4) is 0 Å². The van der Waals surface area contributed by atoms with E-state index in [4.69, 9.17) is 4.74 Å². The Morgan fingerprint density at radius 2 is 1.90 bits per heavy atom. The molecular formula is C21H25FN2O4S. The Bertz CT molecular complexity index is 992. The first-order valence-electron chi connectivity index (χ1n) is 9.42. The predicted molar refractivity (Wildman–Crippen MR) is 109 cm³/mol. The van der Waals surface area contributed by atoms with Crippen molar-refractivity contribution < 1.29 is 22.3 Å². The van der Waals surface area contributed by atoms with Crippen LogP contribution in [0.5, 0.6) is 5.75 Å². The molecule has 8 heteroatoms. The summed E-state index contributed by atoms with van der Waals surface area (Å²) in [6.07, 6.45) is 1.18.